The molecule has 7 heteroatoms. The van der Waals surface area contributed by atoms with E-state index in [0.717, 1.165) is 40.8 Å². The molecule has 5 atom stereocenters. The van der Waals surface area contributed by atoms with Crippen LogP contribution < -0.4 is 5.32 Å². The number of nitrogens with zero attached hydrogens (tertiary/aromatic N) is 3. The molecule has 160 valence electrons. The Hall–Kier alpha value is -2.28. The summed E-state index contributed by atoms with van der Waals surface area (Å²) in [7, 11) is 0. The number of thioether (sulfide) groups is 1. The number of hydrogen-bond acceptors (Lipinski definition) is 4. The van der Waals surface area contributed by atoms with Crippen LogP contribution in [-0.4, -0.2) is 31.8 Å². The zero-order valence-electron chi connectivity index (χ0n) is 17.5. The van der Waals surface area contributed by atoms with Crippen LogP contribution in [0.15, 0.2) is 41.9 Å². The van der Waals surface area contributed by atoms with Crippen molar-refractivity contribution in [2.24, 2.45) is 28.6 Å². The molecule has 4 aliphatic rings. The SMILES string of the molecule is O=C(NCC12CC3CC4CC(C1)C2(C4)C3)c1cccc2nc(CSc3ncc[nH]3)cn12. The van der Waals surface area contributed by atoms with Gasteiger partial charge < -0.3 is 10.3 Å². The average Bonchev–Trinajstić information content (AvgIpc) is 3.49. The molecule has 3 heterocycles. The summed E-state index contributed by atoms with van der Waals surface area (Å²) in [5.74, 6) is 3.56. The normalized spacial score (nSPS) is 34.8. The van der Waals surface area contributed by atoms with Crippen molar-refractivity contribution in [3.05, 3.63) is 48.2 Å². The van der Waals surface area contributed by atoms with Crippen molar-refractivity contribution < 1.29 is 4.79 Å². The number of H-pyrrole nitrogens is 1. The molecular weight excluding hydrogens is 406 g/mol. The van der Waals surface area contributed by atoms with Gasteiger partial charge in [0, 0.05) is 30.9 Å². The number of pyridine rings is 1. The van der Waals surface area contributed by atoms with Crippen molar-refractivity contribution in [3.63, 3.8) is 0 Å². The van der Waals surface area contributed by atoms with Crippen LogP contribution in [0.5, 0.6) is 0 Å². The third kappa shape index (κ3) is 2.55. The summed E-state index contributed by atoms with van der Waals surface area (Å²) in [5.41, 5.74) is 3.37. The first kappa shape index (κ1) is 18.3. The molecule has 3 bridgehead atoms. The Morgan fingerprint density at radius 2 is 2.16 bits per heavy atom. The van der Waals surface area contributed by atoms with Gasteiger partial charge in [-0.05, 0) is 79.2 Å². The van der Waals surface area contributed by atoms with E-state index in [2.05, 4.69) is 15.3 Å². The van der Waals surface area contributed by atoms with Gasteiger partial charge >= 0.3 is 0 Å². The molecule has 4 saturated carbocycles. The van der Waals surface area contributed by atoms with E-state index in [9.17, 15) is 4.79 Å². The van der Waals surface area contributed by atoms with E-state index in [1.54, 1.807) is 18.0 Å². The predicted octanol–water partition coefficient (Wildman–Crippen LogP) is 4.30. The largest absolute Gasteiger partial charge is 0.350 e. The standard InChI is InChI=1S/C24H27N5OS/c30-21(27-14-23-8-16-6-15-7-17(11-23)24(23,9-15)10-16)19-2-1-3-20-28-18(12-29(19)20)13-31-22-25-4-5-26-22/h1-5,12,15-17H,6-11,13-14H2,(H,25,26)(H,27,30). The second-order valence-electron chi connectivity index (χ2n) is 10.4. The Balaban J connectivity index is 1.09. The maximum Gasteiger partial charge on any atom is 0.268 e. The summed E-state index contributed by atoms with van der Waals surface area (Å²) in [6, 6.07) is 5.80. The zero-order chi connectivity index (χ0) is 20.6. The monoisotopic (exact) mass is 433 g/mol. The summed E-state index contributed by atoms with van der Waals surface area (Å²) in [4.78, 5) is 25.3. The Bertz CT molecular complexity index is 1170. The van der Waals surface area contributed by atoms with Crippen LogP contribution in [0.2, 0.25) is 0 Å². The number of imidazole rings is 2. The van der Waals surface area contributed by atoms with Gasteiger partial charge in [-0.2, -0.15) is 0 Å². The predicted molar refractivity (Wildman–Crippen MR) is 119 cm³/mol. The molecule has 6 nitrogen and oxygen atoms in total. The summed E-state index contributed by atoms with van der Waals surface area (Å²) < 4.78 is 1.94. The smallest absolute Gasteiger partial charge is 0.268 e. The number of carbonyl (C=O) groups excluding carboxylic acids is 1. The fourth-order valence-corrected chi connectivity index (χ4v) is 8.73. The topological polar surface area (TPSA) is 75.1 Å². The molecule has 31 heavy (non-hydrogen) atoms. The number of rotatable bonds is 6. The van der Waals surface area contributed by atoms with E-state index >= 15 is 0 Å². The summed E-state index contributed by atoms with van der Waals surface area (Å²) in [6.45, 7) is 0.845. The van der Waals surface area contributed by atoms with E-state index in [0.29, 0.717) is 22.3 Å². The first-order valence-corrected chi connectivity index (χ1v) is 12.5. The summed E-state index contributed by atoms with van der Waals surface area (Å²) >= 11 is 1.61. The number of nitrogens with one attached hydrogen (secondary N) is 2. The molecule has 4 fully saturated rings. The first-order chi connectivity index (χ1) is 15.1. The zero-order valence-corrected chi connectivity index (χ0v) is 18.3. The highest BCUT2D eigenvalue weighted by Crippen LogP contribution is 2.80. The minimum absolute atomic E-state index is 0.0263. The Morgan fingerprint density at radius 3 is 3.06 bits per heavy atom. The van der Waals surface area contributed by atoms with Gasteiger partial charge in [0.1, 0.15) is 11.3 Å². The lowest BCUT2D eigenvalue weighted by Gasteiger charge is -2.59. The van der Waals surface area contributed by atoms with E-state index in [4.69, 9.17) is 4.98 Å². The molecule has 1 spiro atoms. The molecule has 5 unspecified atom stereocenters. The van der Waals surface area contributed by atoms with Gasteiger partial charge in [0.05, 0.1) is 5.69 Å². The second-order valence-corrected chi connectivity index (χ2v) is 11.4. The highest BCUT2D eigenvalue weighted by atomic mass is 32.2. The fourth-order valence-electron chi connectivity index (χ4n) is 8.02. The third-order valence-corrected chi connectivity index (χ3v) is 9.87. The Morgan fingerprint density at radius 1 is 1.23 bits per heavy atom. The van der Waals surface area contributed by atoms with Crippen LogP contribution in [0, 0.1) is 28.6 Å². The number of aromatic amines is 1. The van der Waals surface area contributed by atoms with Gasteiger partial charge in [-0.25, -0.2) is 9.97 Å². The van der Waals surface area contributed by atoms with Crippen molar-refractivity contribution >= 4 is 23.3 Å². The van der Waals surface area contributed by atoms with Gasteiger partial charge in [0.2, 0.25) is 0 Å². The van der Waals surface area contributed by atoms with Crippen LogP contribution in [0.1, 0.15) is 54.7 Å². The van der Waals surface area contributed by atoms with E-state index < -0.39 is 0 Å². The van der Waals surface area contributed by atoms with Crippen LogP contribution >= 0.6 is 11.8 Å². The highest BCUT2D eigenvalue weighted by Gasteiger charge is 2.73. The molecule has 0 aromatic carbocycles. The van der Waals surface area contributed by atoms with Crippen molar-refractivity contribution in [2.75, 3.05) is 6.54 Å². The summed E-state index contributed by atoms with van der Waals surface area (Å²) in [6.07, 6.45) is 14.0. The van der Waals surface area contributed by atoms with Gasteiger partial charge in [-0.15, -0.1) is 0 Å². The van der Waals surface area contributed by atoms with Crippen LogP contribution in [0.25, 0.3) is 5.65 Å². The minimum atomic E-state index is 0.0263. The molecule has 2 N–H and O–H groups in total. The van der Waals surface area contributed by atoms with Crippen molar-refractivity contribution in [1.82, 2.24) is 24.7 Å². The minimum Gasteiger partial charge on any atom is -0.350 e. The lowest BCUT2D eigenvalue weighted by Crippen LogP contribution is -2.57. The molecule has 1 amide bonds. The van der Waals surface area contributed by atoms with Gasteiger partial charge in [-0.1, -0.05) is 17.8 Å². The van der Waals surface area contributed by atoms with Gasteiger partial charge in [0.15, 0.2) is 5.16 Å². The molecule has 0 aliphatic heterocycles. The van der Waals surface area contributed by atoms with Crippen LogP contribution in [0.4, 0.5) is 0 Å². The third-order valence-electron chi connectivity index (χ3n) is 8.94. The second kappa shape index (κ2) is 6.37. The van der Waals surface area contributed by atoms with E-state index in [1.165, 1.54) is 38.5 Å². The van der Waals surface area contributed by atoms with Crippen molar-refractivity contribution in [3.8, 4) is 0 Å². The molecule has 7 rings (SSSR count). The average molecular weight is 434 g/mol. The highest BCUT2D eigenvalue weighted by molar-refractivity contribution is 7.98. The molecule has 3 aromatic rings. The Labute approximate surface area is 185 Å². The Kier molecular flexibility index (Phi) is 3.76. The number of carbonyl (C=O) groups is 1. The van der Waals surface area contributed by atoms with Crippen molar-refractivity contribution in [2.45, 2.75) is 49.4 Å². The first-order valence-electron chi connectivity index (χ1n) is 11.5. The lowest BCUT2D eigenvalue weighted by molar-refractivity contribution is -0.0960. The molecular formula is C24H27N5OS. The van der Waals surface area contributed by atoms with E-state index in [1.807, 2.05) is 35.0 Å². The molecule has 4 aliphatic carbocycles. The number of aromatic nitrogens is 4. The fraction of sp³-hybridized carbons (Fsp3) is 0.542. The van der Waals surface area contributed by atoms with Gasteiger partial charge in [0.25, 0.3) is 5.91 Å². The van der Waals surface area contributed by atoms with Crippen molar-refractivity contribution in [1.29, 1.82) is 0 Å². The van der Waals surface area contributed by atoms with E-state index in [-0.39, 0.29) is 5.91 Å². The maximum atomic E-state index is 13.2. The number of amides is 1. The summed E-state index contributed by atoms with van der Waals surface area (Å²) in [5, 5.41) is 4.24. The quantitative estimate of drug-likeness (QED) is 0.569. The molecule has 0 saturated heterocycles. The lowest BCUT2D eigenvalue weighted by atomic mass is 9.46. The van der Waals surface area contributed by atoms with Crippen LogP contribution in [0.3, 0.4) is 0 Å². The van der Waals surface area contributed by atoms with Gasteiger partial charge in [-0.3, -0.25) is 9.20 Å². The number of fused-ring (bicyclic) bond motifs is 3. The van der Waals surface area contributed by atoms with Crippen LogP contribution in [-0.2, 0) is 5.75 Å². The maximum absolute atomic E-state index is 13.2. The molecule has 0 radical (unpaired) electrons. The number of hydrogen-bond donors (Lipinski definition) is 2. The molecule has 3 aromatic heterocycles.